The van der Waals surface area contributed by atoms with E-state index in [4.69, 9.17) is 21.1 Å². The van der Waals surface area contributed by atoms with Crippen LogP contribution in [0.3, 0.4) is 0 Å². The van der Waals surface area contributed by atoms with Crippen molar-refractivity contribution in [2.45, 2.75) is 13.1 Å². The molecule has 0 aliphatic heterocycles. The van der Waals surface area contributed by atoms with Gasteiger partial charge in [0.25, 0.3) is 0 Å². The van der Waals surface area contributed by atoms with Crippen LogP contribution in [0.1, 0.15) is 27.3 Å². The number of aromatic nitrogens is 2. The first-order valence-corrected chi connectivity index (χ1v) is 10.6. The Balaban J connectivity index is 1.55. The second kappa shape index (κ2) is 11.2. The molecule has 1 aromatic heterocycles. The molecule has 0 aliphatic carbocycles. The van der Waals surface area contributed by atoms with Crippen LogP contribution in [0.15, 0.2) is 88.5 Å². The lowest BCUT2D eigenvalue weighted by Crippen LogP contribution is -2.29. The van der Waals surface area contributed by atoms with Crippen molar-refractivity contribution >= 4 is 29.1 Å². The third-order valence-corrected chi connectivity index (χ3v) is 4.93. The molecular formula is C24H19ClFN5O3. The first kappa shape index (κ1) is 23.1. The molecule has 0 saturated heterocycles. The highest BCUT2D eigenvalue weighted by atomic mass is 35.5. The van der Waals surface area contributed by atoms with Gasteiger partial charge < -0.3 is 10.2 Å². The number of carbonyl (C=O) groups is 1. The van der Waals surface area contributed by atoms with Crippen molar-refractivity contribution < 1.29 is 18.7 Å². The molecule has 8 nitrogen and oxygen atoms in total. The lowest BCUT2D eigenvalue weighted by Gasteiger charge is -2.10. The smallest absolute Gasteiger partial charge is 0.336 e. The molecule has 4 aromatic rings. The highest BCUT2D eigenvalue weighted by Gasteiger charge is 2.19. The van der Waals surface area contributed by atoms with Gasteiger partial charge in [0.05, 0.1) is 16.3 Å². The summed E-state index contributed by atoms with van der Waals surface area (Å²) in [4.78, 5) is 22.0. The van der Waals surface area contributed by atoms with Crippen molar-refractivity contribution in [1.82, 2.24) is 21.1 Å². The van der Waals surface area contributed by atoms with E-state index in [0.29, 0.717) is 30.0 Å². The molecule has 0 amide bonds. The number of nitrogens with zero attached hydrogens (tertiary/aromatic N) is 3. The quantitative estimate of drug-likeness (QED) is 0.227. The van der Waals surface area contributed by atoms with E-state index in [1.807, 2.05) is 30.3 Å². The summed E-state index contributed by atoms with van der Waals surface area (Å²) in [5.41, 5.74) is 4.88. The van der Waals surface area contributed by atoms with Gasteiger partial charge in [-0.05, 0) is 41.1 Å². The van der Waals surface area contributed by atoms with Gasteiger partial charge in [0.2, 0.25) is 0 Å². The Morgan fingerprint density at radius 3 is 2.47 bits per heavy atom. The number of nitrogens with one attached hydrogen (secondary N) is 2. The van der Waals surface area contributed by atoms with Gasteiger partial charge in [-0.15, -0.1) is 0 Å². The number of rotatable bonds is 7. The number of hydrogen-bond donors (Lipinski definition) is 2. The highest BCUT2D eigenvalue weighted by Crippen LogP contribution is 2.22. The summed E-state index contributed by atoms with van der Waals surface area (Å²) >= 11 is 5.88. The number of aliphatic imine (C=N–C) groups is 1. The van der Waals surface area contributed by atoms with Crippen LogP contribution < -0.4 is 10.8 Å². The topological polar surface area (TPSA) is 102 Å². The van der Waals surface area contributed by atoms with E-state index in [9.17, 15) is 9.18 Å². The summed E-state index contributed by atoms with van der Waals surface area (Å²) in [7, 11) is 0. The molecule has 2 N–H and O–H groups in total. The van der Waals surface area contributed by atoms with Crippen LogP contribution >= 0.6 is 11.6 Å². The van der Waals surface area contributed by atoms with Gasteiger partial charge in [-0.3, -0.25) is 0 Å². The summed E-state index contributed by atoms with van der Waals surface area (Å²) in [5.74, 6) is -1.19. The molecule has 0 saturated carbocycles. The van der Waals surface area contributed by atoms with Gasteiger partial charge in [0.15, 0.2) is 11.5 Å². The Morgan fingerprint density at radius 2 is 1.74 bits per heavy atom. The fraction of sp³-hybridized carbons (Fsp3) is 0.0833. The van der Waals surface area contributed by atoms with Crippen LogP contribution in [0.5, 0.6) is 0 Å². The predicted octanol–water partition coefficient (Wildman–Crippen LogP) is 4.59. The molecule has 4 rings (SSSR count). The predicted molar refractivity (Wildman–Crippen MR) is 124 cm³/mol. The number of amidine groups is 1. The molecule has 172 valence electrons. The molecule has 0 spiro atoms. The number of halogens is 2. The largest absolute Gasteiger partial charge is 0.362 e. The zero-order valence-electron chi connectivity index (χ0n) is 17.7. The Kier molecular flexibility index (Phi) is 7.59. The minimum absolute atomic E-state index is 0.0321. The standard InChI is InChI=1S/C24H19ClFN5O3/c25-19-13-18(11-12-20(19)26)28-23(31-33-24(32)17-9-5-2-6-10-17)22-21(29-34-30-22)15-27-14-16-7-3-1-4-8-16/h1-13,27H,14-15H2,(H,28,31). The van der Waals surface area contributed by atoms with E-state index in [1.165, 1.54) is 18.2 Å². The molecule has 10 heteroatoms. The van der Waals surface area contributed by atoms with Gasteiger partial charge in [0, 0.05) is 13.1 Å². The number of hydrogen-bond acceptors (Lipinski definition) is 7. The van der Waals surface area contributed by atoms with Gasteiger partial charge >= 0.3 is 5.97 Å². The van der Waals surface area contributed by atoms with E-state index in [-0.39, 0.29) is 16.6 Å². The molecule has 0 radical (unpaired) electrons. The molecule has 34 heavy (non-hydrogen) atoms. The van der Waals surface area contributed by atoms with Crippen molar-refractivity contribution in [3.8, 4) is 0 Å². The number of carbonyl (C=O) groups excluding carboxylic acids is 1. The Morgan fingerprint density at radius 1 is 1.00 bits per heavy atom. The van der Waals surface area contributed by atoms with Crippen LogP contribution in [-0.2, 0) is 17.9 Å². The van der Waals surface area contributed by atoms with E-state index >= 15 is 0 Å². The monoisotopic (exact) mass is 479 g/mol. The lowest BCUT2D eigenvalue weighted by molar-refractivity contribution is 0.0386. The van der Waals surface area contributed by atoms with Crippen LogP contribution in [0.4, 0.5) is 10.1 Å². The van der Waals surface area contributed by atoms with Crippen molar-refractivity contribution in [1.29, 1.82) is 0 Å². The van der Waals surface area contributed by atoms with Gasteiger partial charge in [-0.2, -0.15) is 5.48 Å². The third-order valence-electron chi connectivity index (χ3n) is 4.64. The maximum absolute atomic E-state index is 13.6. The third kappa shape index (κ3) is 6.03. The summed E-state index contributed by atoms with van der Waals surface area (Å²) < 4.78 is 18.5. The van der Waals surface area contributed by atoms with Crippen LogP contribution in [0.25, 0.3) is 0 Å². The maximum atomic E-state index is 13.6. The lowest BCUT2D eigenvalue weighted by atomic mass is 10.2. The molecule has 3 aromatic carbocycles. The van der Waals surface area contributed by atoms with Crippen molar-refractivity contribution in [3.05, 3.63) is 112 Å². The summed E-state index contributed by atoms with van der Waals surface area (Å²) in [6.07, 6.45) is 0. The second-order valence-corrected chi connectivity index (χ2v) is 7.47. The second-order valence-electron chi connectivity index (χ2n) is 7.07. The summed E-state index contributed by atoms with van der Waals surface area (Å²) in [6, 6.07) is 22.2. The molecule has 1 heterocycles. The summed E-state index contributed by atoms with van der Waals surface area (Å²) in [6.45, 7) is 0.884. The molecule has 0 aliphatic rings. The van der Waals surface area contributed by atoms with E-state index in [1.54, 1.807) is 30.3 Å². The maximum Gasteiger partial charge on any atom is 0.362 e. The molecule has 0 bridgehead atoms. The van der Waals surface area contributed by atoms with E-state index in [0.717, 1.165) is 5.56 Å². The Labute approximate surface area is 199 Å². The average Bonchev–Trinajstić information content (AvgIpc) is 3.33. The first-order valence-electron chi connectivity index (χ1n) is 10.2. The zero-order chi connectivity index (χ0) is 23.8. The van der Waals surface area contributed by atoms with Gasteiger partial charge in [-0.25, -0.2) is 18.8 Å². The van der Waals surface area contributed by atoms with Crippen molar-refractivity contribution in [3.63, 3.8) is 0 Å². The Bertz CT molecular complexity index is 1280. The molecule has 0 unspecified atom stereocenters. The van der Waals surface area contributed by atoms with Crippen molar-refractivity contribution in [2.24, 2.45) is 4.99 Å². The normalized spacial score (nSPS) is 11.3. The van der Waals surface area contributed by atoms with Crippen LogP contribution in [-0.4, -0.2) is 22.1 Å². The first-order chi connectivity index (χ1) is 16.6. The average molecular weight is 480 g/mol. The molecule has 0 atom stereocenters. The summed E-state index contributed by atoms with van der Waals surface area (Å²) in [5, 5.41) is 11.0. The van der Waals surface area contributed by atoms with Crippen molar-refractivity contribution in [2.75, 3.05) is 0 Å². The molecule has 0 fully saturated rings. The minimum Gasteiger partial charge on any atom is -0.336 e. The zero-order valence-corrected chi connectivity index (χ0v) is 18.5. The fourth-order valence-electron chi connectivity index (χ4n) is 2.96. The van der Waals surface area contributed by atoms with Crippen LogP contribution in [0, 0.1) is 5.82 Å². The minimum atomic E-state index is -0.634. The highest BCUT2D eigenvalue weighted by molar-refractivity contribution is 6.31. The number of hydroxylamine groups is 1. The fourth-order valence-corrected chi connectivity index (χ4v) is 3.13. The van der Waals surface area contributed by atoms with Gasteiger partial charge in [-0.1, -0.05) is 65.3 Å². The number of benzene rings is 3. The SMILES string of the molecule is O=C(ONC(=Nc1ccc(F)c(Cl)c1)c1nonc1CNCc1ccccc1)c1ccccc1. The van der Waals surface area contributed by atoms with Gasteiger partial charge in [0.1, 0.15) is 11.5 Å². The molecular weight excluding hydrogens is 461 g/mol. The van der Waals surface area contributed by atoms with E-state index < -0.39 is 11.8 Å². The van der Waals surface area contributed by atoms with E-state index in [2.05, 4.69) is 26.1 Å². The Hall–Kier alpha value is -4.08. The van der Waals surface area contributed by atoms with Crippen LogP contribution in [0.2, 0.25) is 5.02 Å².